The fourth-order valence-electron chi connectivity index (χ4n) is 4.20. The molecule has 0 radical (unpaired) electrons. The number of amides is 1. The molecule has 1 aliphatic heterocycles. The average Bonchev–Trinajstić information content (AvgIpc) is 2.91. The van der Waals surface area contributed by atoms with Gasteiger partial charge in [-0.3, -0.25) is 4.79 Å². The number of benzene rings is 3. The molecule has 0 saturated carbocycles. The molecule has 6 heteroatoms. The van der Waals surface area contributed by atoms with Gasteiger partial charge in [-0.1, -0.05) is 48.5 Å². The molecule has 1 aromatic heterocycles. The van der Waals surface area contributed by atoms with Gasteiger partial charge in [0.15, 0.2) is 5.82 Å². The van der Waals surface area contributed by atoms with Crippen molar-refractivity contribution in [3.8, 4) is 11.3 Å². The maximum atomic E-state index is 12.8. The Kier molecular flexibility index (Phi) is 6.47. The molecule has 0 unspecified atom stereocenters. The number of piperidine rings is 1. The van der Waals surface area contributed by atoms with Crippen LogP contribution in [0.1, 0.15) is 12.8 Å². The van der Waals surface area contributed by atoms with Gasteiger partial charge in [0.1, 0.15) is 0 Å². The lowest BCUT2D eigenvalue weighted by Gasteiger charge is -2.31. The minimum absolute atomic E-state index is 0.00470. The van der Waals surface area contributed by atoms with E-state index in [9.17, 15) is 4.79 Å². The Bertz CT molecular complexity index is 1200. The molecular formula is C28H27N5O. The van der Waals surface area contributed by atoms with Gasteiger partial charge in [0.25, 0.3) is 0 Å². The van der Waals surface area contributed by atoms with Crippen LogP contribution < -0.4 is 15.5 Å². The van der Waals surface area contributed by atoms with Crippen LogP contribution in [0.4, 0.5) is 22.9 Å². The second kappa shape index (κ2) is 10.2. The lowest BCUT2D eigenvalue weighted by Crippen LogP contribution is -2.38. The van der Waals surface area contributed by atoms with Crippen molar-refractivity contribution in [2.75, 3.05) is 28.6 Å². The average molecular weight is 450 g/mol. The minimum atomic E-state index is -0.00470. The molecule has 3 aromatic carbocycles. The third-order valence-corrected chi connectivity index (χ3v) is 6.12. The number of para-hydroxylation sites is 1. The van der Waals surface area contributed by atoms with E-state index >= 15 is 0 Å². The van der Waals surface area contributed by atoms with Crippen LogP contribution in [0.2, 0.25) is 0 Å². The van der Waals surface area contributed by atoms with Crippen LogP contribution in [-0.4, -0.2) is 29.2 Å². The largest absolute Gasteiger partial charge is 0.356 e. The van der Waals surface area contributed by atoms with Gasteiger partial charge in [0, 0.05) is 41.6 Å². The number of hydrogen-bond donors (Lipinski definition) is 2. The molecule has 0 spiro atoms. The first-order valence-corrected chi connectivity index (χ1v) is 11.6. The molecule has 1 saturated heterocycles. The first kappa shape index (κ1) is 21.6. The highest BCUT2D eigenvalue weighted by molar-refractivity contribution is 5.93. The predicted octanol–water partition coefficient (Wildman–Crippen LogP) is 5.74. The molecular weight excluding hydrogens is 422 g/mol. The van der Waals surface area contributed by atoms with Gasteiger partial charge in [-0.25, -0.2) is 0 Å². The summed E-state index contributed by atoms with van der Waals surface area (Å²) >= 11 is 0. The Morgan fingerprint density at radius 2 is 1.32 bits per heavy atom. The number of nitrogens with one attached hydrogen (secondary N) is 2. The smallest absolute Gasteiger partial charge is 0.227 e. The normalized spacial score (nSPS) is 13.9. The molecule has 34 heavy (non-hydrogen) atoms. The molecule has 5 rings (SSSR count). The number of rotatable bonds is 6. The zero-order valence-corrected chi connectivity index (χ0v) is 18.9. The monoisotopic (exact) mass is 449 g/mol. The van der Waals surface area contributed by atoms with Crippen molar-refractivity contribution in [3.05, 3.63) is 97.1 Å². The maximum Gasteiger partial charge on any atom is 0.227 e. The molecule has 0 aliphatic carbocycles. The van der Waals surface area contributed by atoms with E-state index < -0.39 is 0 Å². The quantitative estimate of drug-likeness (QED) is 0.393. The summed E-state index contributed by atoms with van der Waals surface area (Å²) in [6.45, 7) is 1.58. The van der Waals surface area contributed by atoms with E-state index in [0.29, 0.717) is 0 Å². The van der Waals surface area contributed by atoms with Crippen LogP contribution in [0, 0.1) is 5.92 Å². The summed E-state index contributed by atoms with van der Waals surface area (Å²) in [6.07, 6.45) is 1.59. The fourth-order valence-corrected chi connectivity index (χ4v) is 4.20. The first-order valence-electron chi connectivity index (χ1n) is 11.6. The third-order valence-electron chi connectivity index (χ3n) is 6.12. The fraction of sp³-hybridized carbons (Fsp3) is 0.179. The summed E-state index contributed by atoms with van der Waals surface area (Å²) < 4.78 is 0. The van der Waals surface area contributed by atoms with E-state index in [0.717, 1.165) is 60.1 Å². The number of carbonyl (C=O) groups excluding carboxylic acids is 1. The number of hydrogen-bond acceptors (Lipinski definition) is 5. The Morgan fingerprint density at radius 1 is 0.706 bits per heavy atom. The second-order valence-electron chi connectivity index (χ2n) is 8.46. The number of aromatic nitrogens is 2. The number of anilines is 4. The Balaban J connectivity index is 1.12. The van der Waals surface area contributed by atoms with E-state index in [-0.39, 0.29) is 11.8 Å². The van der Waals surface area contributed by atoms with E-state index in [1.54, 1.807) is 0 Å². The summed E-state index contributed by atoms with van der Waals surface area (Å²) in [5, 5.41) is 15.2. The van der Waals surface area contributed by atoms with Crippen LogP contribution >= 0.6 is 0 Å². The van der Waals surface area contributed by atoms with Gasteiger partial charge in [0.2, 0.25) is 5.91 Å². The molecule has 170 valence electrons. The predicted molar refractivity (Wildman–Crippen MR) is 137 cm³/mol. The zero-order valence-electron chi connectivity index (χ0n) is 18.9. The molecule has 0 atom stereocenters. The van der Waals surface area contributed by atoms with Gasteiger partial charge >= 0.3 is 0 Å². The molecule has 0 bridgehead atoms. The Hall–Kier alpha value is -4.19. The van der Waals surface area contributed by atoms with Crippen LogP contribution in [0.15, 0.2) is 97.1 Å². The van der Waals surface area contributed by atoms with Gasteiger partial charge in [-0.2, -0.15) is 0 Å². The van der Waals surface area contributed by atoms with Gasteiger partial charge in [-0.15, -0.1) is 10.2 Å². The minimum Gasteiger partial charge on any atom is -0.356 e. The van der Waals surface area contributed by atoms with Crippen molar-refractivity contribution in [1.82, 2.24) is 10.2 Å². The van der Waals surface area contributed by atoms with E-state index in [4.69, 9.17) is 0 Å². The second-order valence-corrected chi connectivity index (χ2v) is 8.46. The maximum absolute atomic E-state index is 12.8. The van der Waals surface area contributed by atoms with Crippen LogP contribution in [0.3, 0.4) is 0 Å². The van der Waals surface area contributed by atoms with Crippen molar-refractivity contribution in [1.29, 1.82) is 0 Å². The Morgan fingerprint density at radius 3 is 1.97 bits per heavy atom. The lowest BCUT2D eigenvalue weighted by atomic mass is 9.95. The highest BCUT2D eigenvalue weighted by Gasteiger charge is 2.26. The highest BCUT2D eigenvalue weighted by Crippen LogP contribution is 2.25. The van der Waals surface area contributed by atoms with Crippen molar-refractivity contribution >= 4 is 28.8 Å². The van der Waals surface area contributed by atoms with Crippen molar-refractivity contribution in [2.45, 2.75) is 12.8 Å². The summed E-state index contributed by atoms with van der Waals surface area (Å²) in [6, 6.07) is 31.9. The van der Waals surface area contributed by atoms with Crippen LogP contribution in [0.5, 0.6) is 0 Å². The number of nitrogens with zero attached hydrogens (tertiary/aromatic N) is 3. The molecule has 1 amide bonds. The SMILES string of the molecule is O=C(Nc1ccc(Nc2ccccc2)cc1)C1CCN(c2ccc(-c3ccccc3)nn2)CC1. The van der Waals surface area contributed by atoms with Crippen molar-refractivity contribution < 1.29 is 4.79 Å². The molecule has 2 N–H and O–H groups in total. The summed E-state index contributed by atoms with van der Waals surface area (Å²) in [4.78, 5) is 15.0. The topological polar surface area (TPSA) is 70.2 Å². The molecule has 2 heterocycles. The van der Waals surface area contributed by atoms with E-state index in [1.807, 2.05) is 97.1 Å². The Labute approximate surface area is 199 Å². The zero-order chi connectivity index (χ0) is 23.2. The van der Waals surface area contributed by atoms with E-state index in [1.165, 1.54) is 0 Å². The standard InChI is InChI=1S/C28H27N5O/c34-28(30-25-13-11-24(12-14-25)29-23-9-5-2-6-10-23)22-17-19-33(20-18-22)27-16-15-26(31-32-27)21-7-3-1-4-8-21/h1-16,22,29H,17-20H2,(H,30,34). The van der Waals surface area contributed by atoms with E-state index in [2.05, 4.69) is 25.7 Å². The number of carbonyl (C=O) groups is 1. The third kappa shape index (κ3) is 5.23. The van der Waals surface area contributed by atoms with Crippen molar-refractivity contribution in [2.24, 2.45) is 5.92 Å². The molecule has 6 nitrogen and oxygen atoms in total. The molecule has 1 fully saturated rings. The van der Waals surface area contributed by atoms with Crippen molar-refractivity contribution in [3.63, 3.8) is 0 Å². The summed E-state index contributed by atoms with van der Waals surface area (Å²) in [5.74, 6) is 0.934. The molecule has 1 aliphatic rings. The van der Waals surface area contributed by atoms with Crippen LogP contribution in [-0.2, 0) is 4.79 Å². The van der Waals surface area contributed by atoms with Crippen LogP contribution in [0.25, 0.3) is 11.3 Å². The lowest BCUT2D eigenvalue weighted by molar-refractivity contribution is -0.120. The van der Waals surface area contributed by atoms with Gasteiger partial charge < -0.3 is 15.5 Å². The molecule has 4 aromatic rings. The van der Waals surface area contributed by atoms with Gasteiger partial charge in [-0.05, 0) is 61.4 Å². The summed E-state index contributed by atoms with van der Waals surface area (Å²) in [7, 11) is 0. The van der Waals surface area contributed by atoms with Gasteiger partial charge in [0.05, 0.1) is 5.69 Å². The summed E-state index contributed by atoms with van der Waals surface area (Å²) in [5.41, 5.74) is 4.75. The highest BCUT2D eigenvalue weighted by atomic mass is 16.1. The first-order chi connectivity index (χ1) is 16.7.